The maximum atomic E-state index is 12.4. The molecule has 0 aromatic heterocycles. The summed E-state index contributed by atoms with van der Waals surface area (Å²) in [5.41, 5.74) is -0.562. The molecular weight excluding hydrogens is 300 g/mol. The van der Waals surface area contributed by atoms with Gasteiger partial charge in [-0.15, -0.1) is 0 Å². The number of hydrogen-bond donors (Lipinski definition) is 2. The molecule has 0 aromatic rings. The molecular formula is C16H30N2O3S. The van der Waals surface area contributed by atoms with Crippen LogP contribution in [0.2, 0.25) is 0 Å². The summed E-state index contributed by atoms with van der Waals surface area (Å²) in [5.74, 6) is 0.727. The molecule has 1 fully saturated rings. The van der Waals surface area contributed by atoms with Crippen molar-refractivity contribution in [3.8, 4) is 0 Å². The molecule has 1 saturated carbocycles. The van der Waals surface area contributed by atoms with Crippen LogP contribution in [0.4, 0.5) is 4.79 Å². The van der Waals surface area contributed by atoms with Crippen LogP contribution in [0.25, 0.3) is 0 Å². The average Bonchev–Trinajstić information content (AvgIpc) is 2.42. The number of rotatable bonds is 6. The van der Waals surface area contributed by atoms with Gasteiger partial charge < -0.3 is 15.4 Å². The number of thioether (sulfide) groups is 1. The molecule has 1 unspecified atom stereocenters. The van der Waals surface area contributed by atoms with E-state index in [0.717, 1.165) is 18.6 Å². The van der Waals surface area contributed by atoms with Crippen LogP contribution in [0.1, 0.15) is 59.3 Å². The Bertz CT molecular complexity index is 363. The molecule has 22 heavy (non-hydrogen) atoms. The van der Waals surface area contributed by atoms with Gasteiger partial charge in [0.2, 0.25) is 5.91 Å². The molecule has 0 radical (unpaired) electrons. The van der Waals surface area contributed by atoms with Crippen LogP contribution < -0.4 is 10.6 Å². The quantitative estimate of drug-likeness (QED) is 0.785. The van der Waals surface area contributed by atoms with Crippen molar-refractivity contribution in [1.29, 1.82) is 0 Å². The molecule has 0 saturated heterocycles. The van der Waals surface area contributed by atoms with E-state index in [0.29, 0.717) is 6.42 Å². The highest BCUT2D eigenvalue weighted by molar-refractivity contribution is 7.98. The predicted octanol–water partition coefficient (Wildman–Crippen LogP) is 3.08. The first-order valence-electron chi connectivity index (χ1n) is 8.10. The summed E-state index contributed by atoms with van der Waals surface area (Å²) < 4.78 is 5.25. The van der Waals surface area contributed by atoms with Crippen LogP contribution >= 0.6 is 11.8 Å². The van der Waals surface area contributed by atoms with Gasteiger partial charge in [0.25, 0.3) is 0 Å². The summed E-state index contributed by atoms with van der Waals surface area (Å²) in [6, 6.07) is -0.275. The number of alkyl carbamates (subject to hydrolysis) is 1. The maximum Gasteiger partial charge on any atom is 0.408 e. The second-order valence-electron chi connectivity index (χ2n) is 6.82. The molecule has 1 aliphatic carbocycles. The maximum absolute atomic E-state index is 12.4. The summed E-state index contributed by atoms with van der Waals surface area (Å²) >= 11 is 1.66. The lowest BCUT2D eigenvalue weighted by Gasteiger charge is -2.27. The molecule has 0 aliphatic heterocycles. The van der Waals surface area contributed by atoms with E-state index in [1.807, 2.05) is 27.0 Å². The molecule has 0 aromatic carbocycles. The van der Waals surface area contributed by atoms with Crippen molar-refractivity contribution in [2.75, 3.05) is 12.0 Å². The highest BCUT2D eigenvalue weighted by Gasteiger charge is 2.26. The standard InChI is InChI=1S/C16H30N2O3S/c1-16(2,3)21-15(20)18-13(10-11-22-4)14(19)17-12-8-6-5-7-9-12/h12-13H,5-11H2,1-4H3,(H,17,19)(H,18,20). The number of carbonyl (C=O) groups is 2. The molecule has 1 rings (SSSR count). The van der Waals surface area contributed by atoms with Gasteiger partial charge in [0.05, 0.1) is 0 Å². The van der Waals surface area contributed by atoms with Gasteiger partial charge in [-0.2, -0.15) is 11.8 Å². The van der Waals surface area contributed by atoms with Crippen molar-refractivity contribution in [2.45, 2.75) is 77.0 Å². The third-order valence-corrected chi connectivity index (χ3v) is 4.21. The number of amides is 2. The molecule has 5 nitrogen and oxygen atoms in total. The van der Waals surface area contributed by atoms with E-state index in [1.165, 1.54) is 19.3 Å². The van der Waals surface area contributed by atoms with Crippen molar-refractivity contribution in [2.24, 2.45) is 0 Å². The van der Waals surface area contributed by atoms with Gasteiger partial charge in [0.1, 0.15) is 11.6 Å². The van der Waals surface area contributed by atoms with Gasteiger partial charge in [0, 0.05) is 6.04 Å². The first-order valence-corrected chi connectivity index (χ1v) is 9.50. The molecule has 6 heteroatoms. The monoisotopic (exact) mass is 330 g/mol. The first-order chi connectivity index (χ1) is 10.3. The highest BCUT2D eigenvalue weighted by atomic mass is 32.2. The Hall–Kier alpha value is -0.910. The topological polar surface area (TPSA) is 67.4 Å². The van der Waals surface area contributed by atoms with E-state index < -0.39 is 17.7 Å². The Balaban J connectivity index is 2.53. The van der Waals surface area contributed by atoms with E-state index in [9.17, 15) is 9.59 Å². The van der Waals surface area contributed by atoms with Crippen molar-refractivity contribution >= 4 is 23.8 Å². The fourth-order valence-electron chi connectivity index (χ4n) is 2.50. The van der Waals surface area contributed by atoms with E-state index in [-0.39, 0.29) is 11.9 Å². The molecule has 128 valence electrons. The Morgan fingerprint density at radius 3 is 2.41 bits per heavy atom. The zero-order chi connectivity index (χ0) is 16.6. The number of nitrogens with one attached hydrogen (secondary N) is 2. The normalized spacial score (nSPS) is 17.6. The Labute approximate surface area is 138 Å². The first kappa shape index (κ1) is 19.1. The third-order valence-electron chi connectivity index (χ3n) is 3.57. The van der Waals surface area contributed by atoms with Crippen molar-refractivity contribution in [1.82, 2.24) is 10.6 Å². The summed E-state index contributed by atoms with van der Waals surface area (Å²) in [6.45, 7) is 5.43. The van der Waals surface area contributed by atoms with E-state index in [4.69, 9.17) is 4.74 Å². The van der Waals surface area contributed by atoms with Crippen LogP contribution in [0, 0.1) is 0 Å². The number of hydrogen-bond acceptors (Lipinski definition) is 4. The van der Waals surface area contributed by atoms with Gasteiger partial charge in [-0.05, 0) is 52.0 Å². The van der Waals surface area contributed by atoms with E-state index >= 15 is 0 Å². The minimum atomic E-state index is -0.562. The van der Waals surface area contributed by atoms with Gasteiger partial charge >= 0.3 is 6.09 Å². The SMILES string of the molecule is CSCCC(NC(=O)OC(C)(C)C)C(=O)NC1CCCCC1. The van der Waals surface area contributed by atoms with E-state index in [1.54, 1.807) is 11.8 Å². The van der Waals surface area contributed by atoms with Crippen LogP contribution in [0.3, 0.4) is 0 Å². The van der Waals surface area contributed by atoms with Gasteiger partial charge in [-0.3, -0.25) is 4.79 Å². The second kappa shape index (κ2) is 9.28. The number of carbonyl (C=O) groups excluding carboxylic acids is 2. The predicted molar refractivity (Wildman–Crippen MR) is 91.2 cm³/mol. The number of ether oxygens (including phenoxy) is 1. The fourth-order valence-corrected chi connectivity index (χ4v) is 2.97. The third kappa shape index (κ3) is 7.92. The smallest absolute Gasteiger partial charge is 0.408 e. The summed E-state index contributed by atoms with van der Waals surface area (Å²) in [6.07, 6.45) is 7.72. The molecule has 1 atom stereocenters. The lowest BCUT2D eigenvalue weighted by atomic mass is 9.95. The molecule has 0 heterocycles. The lowest BCUT2D eigenvalue weighted by Crippen LogP contribution is -2.51. The lowest BCUT2D eigenvalue weighted by molar-refractivity contribution is -0.124. The molecule has 2 N–H and O–H groups in total. The van der Waals surface area contributed by atoms with Crippen molar-refractivity contribution in [3.63, 3.8) is 0 Å². The van der Waals surface area contributed by atoms with Crippen LogP contribution in [0.5, 0.6) is 0 Å². The van der Waals surface area contributed by atoms with Crippen LogP contribution in [-0.4, -0.2) is 41.7 Å². The molecule has 1 aliphatic rings. The zero-order valence-corrected chi connectivity index (χ0v) is 15.1. The summed E-state index contributed by atoms with van der Waals surface area (Å²) in [5, 5.41) is 5.79. The zero-order valence-electron chi connectivity index (χ0n) is 14.2. The molecule has 2 amide bonds. The van der Waals surface area contributed by atoms with E-state index in [2.05, 4.69) is 10.6 Å². The second-order valence-corrected chi connectivity index (χ2v) is 7.81. The highest BCUT2D eigenvalue weighted by Crippen LogP contribution is 2.17. The molecule has 0 spiro atoms. The van der Waals surface area contributed by atoms with Gasteiger partial charge in [-0.25, -0.2) is 4.79 Å². The summed E-state index contributed by atoms with van der Waals surface area (Å²) in [4.78, 5) is 24.3. The van der Waals surface area contributed by atoms with Crippen LogP contribution in [-0.2, 0) is 9.53 Å². The minimum Gasteiger partial charge on any atom is -0.444 e. The van der Waals surface area contributed by atoms with Crippen molar-refractivity contribution in [3.05, 3.63) is 0 Å². The minimum absolute atomic E-state index is 0.0909. The Kier molecular flexibility index (Phi) is 8.07. The van der Waals surface area contributed by atoms with Gasteiger partial charge in [0.15, 0.2) is 0 Å². The van der Waals surface area contributed by atoms with Crippen LogP contribution in [0.15, 0.2) is 0 Å². The van der Waals surface area contributed by atoms with Gasteiger partial charge in [-0.1, -0.05) is 19.3 Å². The fraction of sp³-hybridized carbons (Fsp3) is 0.875. The Morgan fingerprint density at radius 1 is 1.23 bits per heavy atom. The summed E-state index contributed by atoms with van der Waals surface area (Å²) in [7, 11) is 0. The largest absolute Gasteiger partial charge is 0.444 e. The average molecular weight is 330 g/mol. The molecule has 0 bridgehead atoms. The van der Waals surface area contributed by atoms with Crippen molar-refractivity contribution < 1.29 is 14.3 Å². The Morgan fingerprint density at radius 2 is 1.86 bits per heavy atom.